The molecular formula is C30H30N6. The maximum atomic E-state index is 6.42. The molecule has 180 valence electrons. The molecule has 0 amide bonds. The maximum absolute atomic E-state index is 6.42. The van der Waals surface area contributed by atoms with E-state index in [4.69, 9.17) is 15.7 Å². The lowest BCUT2D eigenvalue weighted by Crippen LogP contribution is -2.34. The summed E-state index contributed by atoms with van der Waals surface area (Å²) in [6.45, 7) is 3.76. The highest BCUT2D eigenvalue weighted by Gasteiger charge is 2.35. The van der Waals surface area contributed by atoms with Crippen molar-refractivity contribution in [1.82, 2.24) is 24.3 Å². The highest BCUT2D eigenvalue weighted by molar-refractivity contribution is 5.91. The van der Waals surface area contributed by atoms with Gasteiger partial charge in [-0.15, -0.1) is 0 Å². The van der Waals surface area contributed by atoms with Crippen molar-refractivity contribution < 1.29 is 0 Å². The third-order valence-electron chi connectivity index (χ3n) is 7.96. The molecule has 5 aromatic rings. The summed E-state index contributed by atoms with van der Waals surface area (Å²) in [5.74, 6) is 2.86. The van der Waals surface area contributed by atoms with Crippen LogP contribution in [0.2, 0.25) is 0 Å². The van der Waals surface area contributed by atoms with E-state index in [-0.39, 0.29) is 0 Å². The lowest BCUT2D eigenvalue weighted by Gasteiger charge is -2.37. The SMILES string of the molecule is Nc1nccn2c(C3CC(CN4CCCC4)C3)nc(-c3ccc4ccc(-c5ccccc5)nc4c3)c12. The molecule has 7 rings (SSSR count). The van der Waals surface area contributed by atoms with Crippen molar-refractivity contribution in [1.29, 1.82) is 0 Å². The summed E-state index contributed by atoms with van der Waals surface area (Å²) in [5.41, 5.74) is 12.3. The molecule has 1 saturated heterocycles. The summed E-state index contributed by atoms with van der Waals surface area (Å²) in [6, 6.07) is 20.9. The zero-order chi connectivity index (χ0) is 24.1. The first-order valence-electron chi connectivity index (χ1n) is 13.0. The number of benzene rings is 2. The van der Waals surface area contributed by atoms with Gasteiger partial charge in [-0.3, -0.25) is 4.40 Å². The van der Waals surface area contributed by atoms with Crippen molar-refractivity contribution in [2.75, 3.05) is 25.4 Å². The molecule has 3 aromatic heterocycles. The first kappa shape index (κ1) is 21.5. The highest BCUT2D eigenvalue weighted by Crippen LogP contribution is 2.44. The third kappa shape index (κ3) is 3.73. The van der Waals surface area contributed by atoms with Crippen molar-refractivity contribution >= 4 is 22.2 Å². The molecule has 1 saturated carbocycles. The van der Waals surface area contributed by atoms with E-state index in [1.807, 2.05) is 24.4 Å². The van der Waals surface area contributed by atoms with E-state index >= 15 is 0 Å². The average Bonchev–Trinajstić information content (AvgIpc) is 3.55. The number of fused-ring (bicyclic) bond motifs is 2. The van der Waals surface area contributed by atoms with Crippen LogP contribution in [0, 0.1) is 5.92 Å². The van der Waals surface area contributed by atoms with Crippen molar-refractivity contribution in [3.05, 3.63) is 78.9 Å². The number of pyridine rings is 1. The quantitative estimate of drug-likeness (QED) is 0.349. The van der Waals surface area contributed by atoms with Gasteiger partial charge in [0.15, 0.2) is 0 Å². The summed E-state index contributed by atoms with van der Waals surface area (Å²) in [5, 5.41) is 1.11. The molecule has 36 heavy (non-hydrogen) atoms. The predicted octanol–water partition coefficient (Wildman–Crippen LogP) is 5.78. The number of nitrogen functional groups attached to an aromatic ring is 1. The smallest absolute Gasteiger partial charge is 0.150 e. The molecule has 0 unspecified atom stereocenters. The summed E-state index contributed by atoms with van der Waals surface area (Å²) >= 11 is 0. The van der Waals surface area contributed by atoms with E-state index in [1.54, 1.807) is 6.20 Å². The highest BCUT2D eigenvalue weighted by atomic mass is 15.1. The Morgan fingerprint density at radius 1 is 0.889 bits per heavy atom. The number of hydrogen-bond donors (Lipinski definition) is 1. The van der Waals surface area contributed by atoms with Crippen LogP contribution in [0.3, 0.4) is 0 Å². The molecule has 2 N–H and O–H groups in total. The van der Waals surface area contributed by atoms with Crippen LogP contribution in [0.4, 0.5) is 5.82 Å². The van der Waals surface area contributed by atoms with Crippen LogP contribution in [-0.2, 0) is 0 Å². The van der Waals surface area contributed by atoms with Crippen molar-refractivity contribution in [3.63, 3.8) is 0 Å². The molecule has 2 fully saturated rings. The van der Waals surface area contributed by atoms with Gasteiger partial charge in [-0.1, -0.05) is 48.5 Å². The Morgan fingerprint density at radius 2 is 1.69 bits per heavy atom. The zero-order valence-electron chi connectivity index (χ0n) is 20.3. The number of anilines is 1. The normalized spacial score (nSPS) is 20.2. The molecule has 2 aliphatic rings. The summed E-state index contributed by atoms with van der Waals surface area (Å²) in [6.07, 6.45) is 8.88. The molecule has 0 spiro atoms. The van der Waals surface area contributed by atoms with Crippen molar-refractivity contribution in [2.24, 2.45) is 5.92 Å². The maximum Gasteiger partial charge on any atom is 0.150 e. The fraction of sp³-hybridized carbons (Fsp3) is 0.300. The Kier molecular flexibility index (Phi) is 5.21. The van der Waals surface area contributed by atoms with Crippen LogP contribution >= 0.6 is 0 Å². The van der Waals surface area contributed by atoms with Gasteiger partial charge in [0.25, 0.3) is 0 Å². The Bertz CT molecular complexity index is 1540. The second kappa shape index (κ2) is 8.71. The van der Waals surface area contributed by atoms with E-state index in [9.17, 15) is 0 Å². The van der Waals surface area contributed by atoms with E-state index < -0.39 is 0 Å². The molecule has 1 aliphatic carbocycles. The molecule has 6 nitrogen and oxygen atoms in total. The fourth-order valence-electron chi connectivity index (χ4n) is 6.04. The number of likely N-dealkylation sites (tertiary alicyclic amines) is 1. The van der Waals surface area contributed by atoms with Gasteiger partial charge >= 0.3 is 0 Å². The van der Waals surface area contributed by atoms with Gasteiger partial charge in [-0.2, -0.15) is 0 Å². The largest absolute Gasteiger partial charge is 0.382 e. The Morgan fingerprint density at radius 3 is 2.53 bits per heavy atom. The Hall–Kier alpha value is -3.77. The Balaban J connectivity index is 1.25. The number of nitrogens with two attached hydrogens (primary N) is 1. The van der Waals surface area contributed by atoms with E-state index in [2.05, 4.69) is 56.7 Å². The predicted molar refractivity (Wildman–Crippen MR) is 145 cm³/mol. The van der Waals surface area contributed by atoms with Crippen molar-refractivity contribution in [2.45, 2.75) is 31.6 Å². The van der Waals surface area contributed by atoms with Crippen molar-refractivity contribution in [3.8, 4) is 22.5 Å². The number of hydrogen-bond acceptors (Lipinski definition) is 5. The molecule has 6 heteroatoms. The average molecular weight is 475 g/mol. The number of imidazole rings is 1. The van der Waals surface area contributed by atoms with Crippen LogP contribution < -0.4 is 5.73 Å². The third-order valence-corrected chi connectivity index (χ3v) is 7.96. The van der Waals surface area contributed by atoms with Gasteiger partial charge in [0.2, 0.25) is 0 Å². The first-order chi connectivity index (χ1) is 17.7. The van der Waals surface area contributed by atoms with Crippen LogP contribution in [0.1, 0.15) is 37.4 Å². The molecule has 0 atom stereocenters. The van der Waals surface area contributed by atoms with Crippen LogP contribution in [0.15, 0.2) is 73.1 Å². The van der Waals surface area contributed by atoms with E-state index in [0.29, 0.717) is 11.7 Å². The van der Waals surface area contributed by atoms with Gasteiger partial charge < -0.3 is 10.6 Å². The second-order valence-corrected chi connectivity index (χ2v) is 10.4. The fourth-order valence-corrected chi connectivity index (χ4v) is 6.04. The monoisotopic (exact) mass is 474 g/mol. The standard InChI is InChI=1S/C30H30N6/c31-29-28-27(23-9-8-22-10-11-25(33-26(22)18-23)21-6-2-1-3-7-21)34-30(36(28)15-12-32-29)24-16-20(17-24)19-35-13-4-5-14-35/h1-3,6-12,15,18,20,24H,4-5,13-14,16-17,19H2,(H2,31,32). The summed E-state index contributed by atoms with van der Waals surface area (Å²) in [4.78, 5) is 17.2. The Labute approximate surface area is 210 Å². The van der Waals surface area contributed by atoms with Crippen LogP contribution in [0.5, 0.6) is 0 Å². The molecular weight excluding hydrogens is 444 g/mol. The number of nitrogens with zero attached hydrogens (tertiary/aromatic N) is 5. The minimum absolute atomic E-state index is 0.462. The summed E-state index contributed by atoms with van der Waals surface area (Å²) in [7, 11) is 0. The molecule has 0 radical (unpaired) electrons. The second-order valence-electron chi connectivity index (χ2n) is 10.4. The lowest BCUT2D eigenvalue weighted by atomic mass is 9.74. The van der Waals surface area contributed by atoms with Gasteiger partial charge in [0, 0.05) is 41.4 Å². The van der Waals surface area contributed by atoms with E-state index in [0.717, 1.165) is 50.7 Å². The molecule has 0 bridgehead atoms. The van der Waals surface area contributed by atoms with Crippen LogP contribution in [0.25, 0.3) is 38.9 Å². The lowest BCUT2D eigenvalue weighted by molar-refractivity contribution is 0.176. The number of aromatic nitrogens is 4. The topological polar surface area (TPSA) is 72.3 Å². The summed E-state index contributed by atoms with van der Waals surface area (Å²) < 4.78 is 2.17. The minimum atomic E-state index is 0.462. The molecule has 1 aliphatic heterocycles. The zero-order valence-corrected chi connectivity index (χ0v) is 20.3. The van der Waals surface area contributed by atoms with Crippen LogP contribution in [-0.4, -0.2) is 43.9 Å². The number of rotatable bonds is 5. The molecule has 2 aromatic carbocycles. The van der Waals surface area contributed by atoms with Gasteiger partial charge in [-0.25, -0.2) is 15.0 Å². The van der Waals surface area contributed by atoms with E-state index in [1.165, 1.54) is 45.3 Å². The molecule has 4 heterocycles. The first-order valence-corrected chi connectivity index (χ1v) is 13.0. The van der Waals surface area contributed by atoms with Gasteiger partial charge in [0.05, 0.1) is 11.2 Å². The minimum Gasteiger partial charge on any atom is -0.382 e. The van der Waals surface area contributed by atoms with Gasteiger partial charge in [-0.05, 0) is 56.8 Å². The van der Waals surface area contributed by atoms with Gasteiger partial charge in [0.1, 0.15) is 22.9 Å².